The number of imide groups is 1. The molecule has 166 valence electrons. The maximum atomic E-state index is 12.4. The first-order valence-corrected chi connectivity index (χ1v) is 10.4. The molecule has 31 heavy (non-hydrogen) atoms. The first kappa shape index (κ1) is 22.3. The van der Waals surface area contributed by atoms with Gasteiger partial charge in [0.2, 0.25) is 5.91 Å². The maximum Gasteiger partial charge on any atom is 0.326 e. The Morgan fingerprint density at radius 3 is 2.65 bits per heavy atom. The molecular formula is C21H26N4O6. The zero-order valence-electron chi connectivity index (χ0n) is 17.4. The molecule has 3 rings (SSSR count). The van der Waals surface area contributed by atoms with Crippen molar-refractivity contribution in [3.63, 3.8) is 0 Å². The Morgan fingerprint density at radius 1 is 1.26 bits per heavy atom. The number of ether oxygens (including phenoxy) is 1. The number of carbonyl (C=O) groups excluding carboxylic acids is 3. The van der Waals surface area contributed by atoms with Crippen molar-refractivity contribution < 1.29 is 24.0 Å². The third-order valence-electron chi connectivity index (χ3n) is 5.53. The molecule has 10 nitrogen and oxygen atoms in total. The van der Waals surface area contributed by atoms with Crippen molar-refractivity contribution in [2.24, 2.45) is 0 Å². The van der Waals surface area contributed by atoms with Crippen LogP contribution in [0.25, 0.3) is 6.08 Å². The van der Waals surface area contributed by atoms with Crippen molar-refractivity contribution >= 4 is 29.6 Å². The average molecular weight is 430 g/mol. The largest absolute Gasteiger partial charge is 0.494 e. The number of rotatable bonds is 8. The Kier molecular flexibility index (Phi) is 7.22. The molecule has 1 saturated heterocycles. The number of carbonyl (C=O) groups is 3. The number of nitrogens with one attached hydrogen (secondary N) is 2. The smallest absolute Gasteiger partial charge is 0.326 e. The Bertz CT molecular complexity index is 907. The van der Waals surface area contributed by atoms with E-state index in [1.165, 1.54) is 30.7 Å². The summed E-state index contributed by atoms with van der Waals surface area (Å²) < 4.78 is 5.66. The highest BCUT2D eigenvalue weighted by atomic mass is 16.6. The number of hydrogen-bond acceptors (Lipinski definition) is 6. The minimum absolute atomic E-state index is 0.0819. The van der Waals surface area contributed by atoms with Crippen LogP contribution < -0.4 is 15.4 Å². The molecule has 1 aliphatic heterocycles. The van der Waals surface area contributed by atoms with Gasteiger partial charge in [-0.3, -0.25) is 25.0 Å². The zero-order chi connectivity index (χ0) is 22.4. The predicted octanol–water partition coefficient (Wildman–Crippen LogP) is 2.73. The summed E-state index contributed by atoms with van der Waals surface area (Å²) >= 11 is 0. The van der Waals surface area contributed by atoms with E-state index >= 15 is 0 Å². The SMILES string of the molecule is CN(C(=O)CCCOc1ccc([N+](=O)[O-])c(C=C2NC(=O)NC2=O)c1)C1CCCCC1. The number of urea groups is 1. The predicted molar refractivity (Wildman–Crippen MR) is 112 cm³/mol. The van der Waals surface area contributed by atoms with Crippen LogP contribution in [0.1, 0.15) is 50.5 Å². The summed E-state index contributed by atoms with van der Waals surface area (Å²) in [6.07, 6.45) is 7.78. The Morgan fingerprint density at radius 2 is 2.00 bits per heavy atom. The van der Waals surface area contributed by atoms with Gasteiger partial charge in [0.25, 0.3) is 11.6 Å². The van der Waals surface area contributed by atoms with E-state index in [0.29, 0.717) is 24.6 Å². The van der Waals surface area contributed by atoms with E-state index in [9.17, 15) is 24.5 Å². The molecule has 0 bridgehead atoms. The van der Waals surface area contributed by atoms with E-state index in [2.05, 4.69) is 5.32 Å². The van der Waals surface area contributed by atoms with Crippen molar-refractivity contribution in [2.45, 2.75) is 51.0 Å². The van der Waals surface area contributed by atoms with Crippen molar-refractivity contribution in [2.75, 3.05) is 13.7 Å². The van der Waals surface area contributed by atoms with Crippen LogP contribution in [-0.2, 0) is 9.59 Å². The van der Waals surface area contributed by atoms with Gasteiger partial charge < -0.3 is 15.0 Å². The molecule has 0 spiro atoms. The maximum absolute atomic E-state index is 12.4. The van der Waals surface area contributed by atoms with Gasteiger partial charge in [0.15, 0.2) is 0 Å². The van der Waals surface area contributed by atoms with Gasteiger partial charge >= 0.3 is 6.03 Å². The van der Waals surface area contributed by atoms with E-state index in [4.69, 9.17) is 4.74 Å². The van der Waals surface area contributed by atoms with E-state index in [1.54, 1.807) is 0 Å². The number of benzene rings is 1. The highest BCUT2D eigenvalue weighted by Crippen LogP contribution is 2.27. The van der Waals surface area contributed by atoms with Crippen LogP contribution in [0.5, 0.6) is 5.75 Å². The van der Waals surface area contributed by atoms with Crippen molar-refractivity contribution in [3.8, 4) is 5.75 Å². The fourth-order valence-corrected chi connectivity index (χ4v) is 3.80. The van der Waals surface area contributed by atoms with Crippen molar-refractivity contribution in [1.82, 2.24) is 15.5 Å². The summed E-state index contributed by atoms with van der Waals surface area (Å²) in [7, 11) is 1.85. The molecule has 0 atom stereocenters. The van der Waals surface area contributed by atoms with E-state index < -0.39 is 16.9 Å². The molecule has 1 saturated carbocycles. The number of nitro benzene ring substituents is 1. The van der Waals surface area contributed by atoms with Crippen LogP contribution in [0.4, 0.5) is 10.5 Å². The molecule has 0 radical (unpaired) electrons. The number of amides is 4. The third kappa shape index (κ3) is 5.80. The van der Waals surface area contributed by atoms with E-state index in [-0.39, 0.29) is 29.5 Å². The molecule has 1 aromatic rings. The minimum atomic E-state index is -0.686. The second-order valence-corrected chi connectivity index (χ2v) is 7.69. The Hall–Kier alpha value is -3.43. The molecule has 2 N–H and O–H groups in total. The fraction of sp³-hybridized carbons (Fsp3) is 0.476. The summed E-state index contributed by atoms with van der Waals surface area (Å²) in [6.45, 7) is 0.273. The normalized spacial score (nSPS) is 17.9. The monoisotopic (exact) mass is 430 g/mol. The molecular weight excluding hydrogens is 404 g/mol. The van der Waals surface area contributed by atoms with Gasteiger partial charge in [0.05, 0.1) is 17.1 Å². The lowest BCUT2D eigenvalue weighted by atomic mass is 9.94. The third-order valence-corrected chi connectivity index (χ3v) is 5.53. The molecule has 0 unspecified atom stereocenters. The fourth-order valence-electron chi connectivity index (χ4n) is 3.80. The molecule has 10 heteroatoms. The van der Waals surface area contributed by atoms with E-state index in [1.807, 2.05) is 17.3 Å². The highest BCUT2D eigenvalue weighted by molar-refractivity contribution is 6.14. The van der Waals surface area contributed by atoms with Crippen molar-refractivity contribution in [3.05, 3.63) is 39.6 Å². The zero-order valence-corrected chi connectivity index (χ0v) is 17.4. The van der Waals surface area contributed by atoms with Crippen LogP contribution in [0.3, 0.4) is 0 Å². The Balaban J connectivity index is 1.57. The Labute approximate surface area is 179 Å². The summed E-state index contributed by atoms with van der Waals surface area (Å²) in [5.74, 6) is -0.200. The number of nitro groups is 1. The molecule has 1 aliphatic carbocycles. The van der Waals surface area contributed by atoms with Crippen molar-refractivity contribution in [1.29, 1.82) is 0 Å². The first-order valence-electron chi connectivity index (χ1n) is 10.4. The summed E-state index contributed by atoms with van der Waals surface area (Å²) in [4.78, 5) is 47.9. The van der Waals surface area contributed by atoms with Gasteiger partial charge in [-0.05, 0) is 37.5 Å². The van der Waals surface area contributed by atoms with E-state index in [0.717, 1.165) is 25.7 Å². The number of hydrogen-bond donors (Lipinski definition) is 2. The van der Waals surface area contributed by atoms with Gasteiger partial charge in [-0.15, -0.1) is 0 Å². The quantitative estimate of drug-likeness (QED) is 0.214. The second-order valence-electron chi connectivity index (χ2n) is 7.69. The van der Waals surface area contributed by atoms with Crippen LogP contribution in [0.15, 0.2) is 23.9 Å². The molecule has 2 fully saturated rings. The minimum Gasteiger partial charge on any atom is -0.494 e. The lowest BCUT2D eigenvalue weighted by Crippen LogP contribution is -2.38. The average Bonchev–Trinajstić information content (AvgIpc) is 3.07. The van der Waals surface area contributed by atoms with Gasteiger partial charge in [0.1, 0.15) is 11.4 Å². The summed E-state index contributed by atoms with van der Waals surface area (Å²) in [5.41, 5.74) is -0.178. The van der Waals surface area contributed by atoms with Gasteiger partial charge in [-0.1, -0.05) is 19.3 Å². The molecule has 1 heterocycles. The van der Waals surface area contributed by atoms with Crippen LogP contribution in [0, 0.1) is 10.1 Å². The molecule has 4 amide bonds. The summed E-state index contributed by atoms with van der Waals surface area (Å²) in [6, 6.07) is 3.80. The lowest BCUT2D eigenvalue weighted by Gasteiger charge is -2.31. The van der Waals surface area contributed by atoms with Gasteiger partial charge in [0, 0.05) is 25.6 Å². The molecule has 1 aromatic carbocycles. The van der Waals surface area contributed by atoms with Crippen LogP contribution >= 0.6 is 0 Å². The standard InChI is InChI=1S/C21H26N4O6/c1-24(15-6-3-2-4-7-15)19(26)8-5-11-31-16-9-10-18(25(29)30)14(12-16)13-17-20(27)23-21(28)22-17/h9-10,12-13,15H,2-8,11H2,1H3,(H2,22,23,27,28). The van der Waals surface area contributed by atoms with Crippen LogP contribution in [0.2, 0.25) is 0 Å². The highest BCUT2D eigenvalue weighted by Gasteiger charge is 2.25. The molecule has 2 aliphatic rings. The van der Waals surface area contributed by atoms with Gasteiger partial charge in [-0.2, -0.15) is 0 Å². The van der Waals surface area contributed by atoms with Crippen LogP contribution in [-0.4, -0.2) is 47.4 Å². The topological polar surface area (TPSA) is 131 Å². The lowest BCUT2D eigenvalue weighted by molar-refractivity contribution is -0.385. The number of nitrogens with zero attached hydrogens (tertiary/aromatic N) is 2. The second kappa shape index (κ2) is 10.1. The molecule has 0 aromatic heterocycles. The van der Waals surface area contributed by atoms with Gasteiger partial charge in [-0.25, -0.2) is 4.79 Å². The first-order chi connectivity index (χ1) is 14.8. The summed E-state index contributed by atoms with van der Waals surface area (Å²) in [5, 5.41) is 15.6.